The summed E-state index contributed by atoms with van der Waals surface area (Å²) in [7, 11) is 0. The summed E-state index contributed by atoms with van der Waals surface area (Å²) in [6.45, 7) is 5.50. The first kappa shape index (κ1) is 14.0. The molecule has 0 saturated carbocycles. The Bertz CT molecular complexity index is 281. The molecule has 1 rings (SSSR count). The van der Waals surface area contributed by atoms with Gasteiger partial charge in [-0.25, -0.2) is 0 Å². The van der Waals surface area contributed by atoms with E-state index in [2.05, 4.69) is 19.2 Å². The van der Waals surface area contributed by atoms with Crippen LogP contribution >= 0.6 is 0 Å². The summed E-state index contributed by atoms with van der Waals surface area (Å²) in [5.41, 5.74) is 5.34. The second kappa shape index (κ2) is 6.59. The molecule has 1 aliphatic heterocycles. The molecule has 2 amide bonds. The van der Waals surface area contributed by atoms with E-state index in [0.717, 1.165) is 19.3 Å². The van der Waals surface area contributed by atoms with Crippen molar-refractivity contribution in [3.05, 3.63) is 0 Å². The van der Waals surface area contributed by atoms with Crippen molar-refractivity contribution in [1.82, 2.24) is 10.2 Å². The highest BCUT2D eigenvalue weighted by Gasteiger charge is 2.33. The smallest absolute Gasteiger partial charge is 0.242 e. The van der Waals surface area contributed by atoms with Gasteiger partial charge >= 0.3 is 0 Å². The van der Waals surface area contributed by atoms with Crippen LogP contribution in [0.1, 0.15) is 33.1 Å². The van der Waals surface area contributed by atoms with Gasteiger partial charge in [0.1, 0.15) is 6.04 Å². The molecule has 0 aromatic rings. The fourth-order valence-electron chi connectivity index (χ4n) is 1.99. The highest BCUT2D eigenvalue weighted by atomic mass is 16.2. The lowest BCUT2D eigenvalue weighted by Crippen LogP contribution is -2.48. The Hall–Kier alpha value is -1.10. The highest BCUT2D eigenvalue weighted by Crippen LogP contribution is 2.17. The van der Waals surface area contributed by atoms with E-state index >= 15 is 0 Å². The summed E-state index contributed by atoms with van der Waals surface area (Å²) in [6, 6.07) is -0.310. The molecule has 2 unspecified atom stereocenters. The van der Waals surface area contributed by atoms with Gasteiger partial charge in [-0.15, -0.1) is 0 Å². The third-order valence-electron chi connectivity index (χ3n) is 3.37. The lowest BCUT2D eigenvalue weighted by Gasteiger charge is -2.24. The summed E-state index contributed by atoms with van der Waals surface area (Å²) in [5, 5.41) is 2.91. The van der Waals surface area contributed by atoms with Crippen LogP contribution in [-0.2, 0) is 9.59 Å². The van der Waals surface area contributed by atoms with Crippen molar-refractivity contribution >= 4 is 11.8 Å². The largest absolute Gasteiger partial charge is 0.354 e. The summed E-state index contributed by atoms with van der Waals surface area (Å²) >= 11 is 0. The van der Waals surface area contributed by atoms with Crippen LogP contribution in [0.5, 0.6) is 0 Å². The molecule has 1 saturated heterocycles. The monoisotopic (exact) mass is 241 g/mol. The summed E-state index contributed by atoms with van der Waals surface area (Å²) in [6.07, 6.45) is 2.67. The SMILES string of the molecule is CCC(C)CNC(=O)C1CCCN1C(=O)CN. The van der Waals surface area contributed by atoms with Crippen LogP contribution < -0.4 is 11.1 Å². The average Bonchev–Trinajstić information content (AvgIpc) is 2.83. The highest BCUT2D eigenvalue weighted by molar-refractivity contribution is 5.88. The van der Waals surface area contributed by atoms with Gasteiger partial charge in [-0.05, 0) is 18.8 Å². The van der Waals surface area contributed by atoms with E-state index in [-0.39, 0.29) is 24.4 Å². The molecule has 1 aliphatic rings. The number of nitrogens with zero attached hydrogens (tertiary/aromatic N) is 1. The molecule has 0 bridgehead atoms. The first-order valence-corrected chi connectivity index (χ1v) is 6.37. The zero-order chi connectivity index (χ0) is 12.8. The molecule has 0 aromatic heterocycles. The van der Waals surface area contributed by atoms with Crippen LogP contribution in [0.4, 0.5) is 0 Å². The van der Waals surface area contributed by atoms with Crippen LogP contribution in [0.2, 0.25) is 0 Å². The number of nitrogens with one attached hydrogen (secondary N) is 1. The number of carbonyl (C=O) groups excluding carboxylic acids is 2. The maximum Gasteiger partial charge on any atom is 0.242 e. The molecule has 5 nitrogen and oxygen atoms in total. The normalized spacial score (nSPS) is 21.4. The molecule has 1 heterocycles. The number of likely N-dealkylation sites (tertiary alicyclic amines) is 1. The molecular formula is C12H23N3O2. The van der Waals surface area contributed by atoms with Crippen molar-refractivity contribution in [2.24, 2.45) is 11.7 Å². The van der Waals surface area contributed by atoms with E-state index in [1.807, 2.05) is 0 Å². The van der Waals surface area contributed by atoms with Crippen LogP contribution in [-0.4, -0.2) is 42.4 Å². The van der Waals surface area contributed by atoms with Crippen molar-refractivity contribution in [2.75, 3.05) is 19.6 Å². The van der Waals surface area contributed by atoms with Gasteiger partial charge in [0.25, 0.3) is 0 Å². The van der Waals surface area contributed by atoms with E-state index < -0.39 is 0 Å². The Morgan fingerprint density at radius 2 is 2.24 bits per heavy atom. The first-order chi connectivity index (χ1) is 8.10. The van der Waals surface area contributed by atoms with E-state index in [0.29, 0.717) is 19.0 Å². The predicted molar refractivity (Wildman–Crippen MR) is 66.3 cm³/mol. The zero-order valence-electron chi connectivity index (χ0n) is 10.7. The maximum atomic E-state index is 12.0. The van der Waals surface area contributed by atoms with E-state index in [1.54, 1.807) is 4.90 Å². The Morgan fingerprint density at radius 3 is 2.82 bits per heavy atom. The van der Waals surface area contributed by atoms with Crippen molar-refractivity contribution in [1.29, 1.82) is 0 Å². The van der Waals surface area contributed by atoms with Crippen LogP contribution in [0.3, 0.4) is 0 Å². The second-order valence-corrected chi connectivity index (χ2v) is 4.71. The van der Waals surface area contributed by atoms with Crippen LogP contribution in [0.25, 0.3) is 0 Å². The topological polar surface area (TPSA) is 75.4 Å². The molecule has 1 fully saturated rings. The Balaban J connectivity index is 2.47. The molecular weight excluding hydrogens is 218 g/mol. The standard InChI is InChI=1S/C12H23N3O2/c1-3-9(2)8-14-12(17)10-5-4-6-15(10)11(16)7-13/h9-10H,3-8,13H2,1-2H3,(H,14,17). The van der Waals surface area contributed by atoms with Crippen LogP contribution in [0, 0.1) is 5.92 Å². The lowest BCUT2D eigenvalue weighted by molar-refractivity contribution is -0.137. The molecule has 0 aliphatic carbocycles. The molecule has 0 radical (unpaired) electrons. The zero-order valence-corrected chi connectivity index (χ0v) is 10.7. The Labute approximate surface area is 103 Å². The fraction of sp³-hybridized carbons (Fsp3) is 0.833. The molecule has 5 heteroatoms. The van der Waals surface area contributed by atoms with Crippen molar-refractivity contribution in [2.45, 2.75) is 39.2 Å². The van der Waals surface area contributed by atoms with Gasteiger partial charge in [-0.2, -0.15) is 0 Å². The van der Waals surface area contributed by atoms with Gasteiger partial charge in [-0.1, -0.05) is 20.3 Å². The number of carbonyl (C=O) groups is 2. The fourth-order valence-corrected chi connectivity index (χ4v) is 1.99. The quantitative estimate of drug-likeness (QED) is 0.716. The number of rotatable bonds is 5. The minimum Gasteiger partial charge on any atom is -0.354 e. The molecule has 98 valence electrons. The minimum absolute atomic E-state index is 0.0187. The Kier molecular flexibility index (Phi) is 5.41. The first-order valence-electron chi connectivity index (χ1n) is 6.37. The molecule has 0 spiro atoms. The van der Waals surface area contributed by atoms with E-state index in [9.17, 15) is 9.59 Å². The van der Waals surface area contributed by atoms with Crippen molar-refractivity contribution in [3.8, 4) is 0 Å². The molecule has 0 aromatic carbocycles. The Morgan fingerprint density at radius 1 is 1.53 bits per heavy atom. The number of hydrogen-bond donors (Lipinski definition) is 2. The van der Waals surface area contributed by atoms with E-state index in [4.69, 9.17) is 5.73 Å². The van der Waals surface area contributed by atoms with Gasteiger partial charge in [-0.3, -0.25) is 9.59 Å². The third kappa shape index (κ3) is 3.70. The summed E-state index contributed by atoms with van der Waals surface area (Å²) in [5.74, 6) is 0.301. The van der Waals surface area contributed by atoms with Crippen LogP contribution in [0.15, 0.2) is 0 Å². The minimum atomic E-state index is -0.310. The van der Waals surface area contributed by atoms with E-state index in [1.165, 1.54) is 0 Å². The molecule has 2 atom stereocenters. The summed E-state index contributed by atoms with van der Waals surface area (Å²) < 4.78 is 0. The van der Waals surface area contributed by atoms with Gasteiger partial charge in [0, 0.05) is 13.1 Å². The maximum absolute atomic E-state index is 12.0. The number of hydrogen-bond acceptors (Lipinski definition) is 3. The van der Waals surface area contributed by atoms with Crippen molar-refractivity contribution < 1.29 is 9.59 Å². The number of nitrogens with two attached hydrogens (primary N) is 1. The third-order valence-corrected chi connectivity index (χ3v) is 3.37. The summed E-state index contributed by atoms with van der Waals surface area (Å²) in [4.78, 5) is 25.1. The van der Waals surface area contributed by atoms with Gasteiger partial charge in [0.15, 0.2) is 0 Å². The second-order valence-electron chi connectivity index (χ2n) is 4.71. The van der Waals surface area contributed by atoms with Gasteiger partial charge < -0.3 is 16.0 Å². The van der Waals surface area contributed by atoms with Gasteiger partial charge in [0.05, 0.1) is 6.54 Å². The average molecular weight is 241 g/mol. The van der Waals surface area contributed by atoms with Crippen molar-refractivity contribution in [3.63, 3.8) is 0 Å². The van der Waals surface area contributed by atoms with Gasteiger partial charge in [0.2, 0.25) is 11.8 Å². The lowest BCUT2D eigenvalue weighted by atomic mass is 10.1. The predicted octanol–water partition coefficient (Wildman–Crippen LogP) is 0.0984. The molecule has 3 N–H and O–H groups in total. The number of amides is 2. The molecule has 17 heavy (non-hydrogen) atoms.